The molecular formula is C32H32F5N7OS. The van der Waals surface area contributed by atoms with E-state index in [2.05, 4.69) is 15.3 Å². The molecule has 0 saturated carbocycles. The zero-order valence-corrected chi connectivity index (χ0v) is 26.0. The molecule has 2 aromatic carbocycles. The van der Waals surface area contributed by atoms with Gasteiger partial charge in [-0.2, -0.15) is 15.2 Å². The van der Waals surface area contributed by atoms with Crippen molar-refractivity contribution in [3.05, 3.63) is 41.2 Å². The van der Waals surface area contributed by atoms with Crippen molar-refractivity contribution in [2.24, 2.45) is 11.3 Å². The third-order valence-corrected chi connectivity index (χ3v) is 10.8. The first-order valence-electron chi connectivity index (χ1n) is 15.2. The average molecular weight is 658 g/mol. The largest absolute Gasteiger partial charge is 0.463 e. The average Bonchev–Trinajstić information content (AvgIpc) is 3.54. The Labute approximate surface area is 265 Å². The molecule has 2 aromatic heterocycles. The first-order chi connectivity index (χ1) is 22.0. The maximum Gasteiger partial charge on any atom is 0.319 e. The molecule has 3 fully saturated rings. The third-order valence-electron chi connectivity index (χ3n) is 9.74. The van der Waals surface area contributed by atoms with Crippen molar-refractivity contribution in [3.63, 3.8) is 0 Å². The molecule has 0 unspecified atom stereocenters. The molecule has 8 nitrogen and oxygen atoms in total. The number of nitriles is 1. The second-order valence-corrected chi connectivity index (χ2v) is 14.0. The fourth-order valence-corrected chi connectivity index (χ4v) is 8.47. The van der Waals surface area contributed by atoms with E-state index in [0.29, 0.717) is 32.6 Å². The predicted molar refractivity (Wildman–Crippen MR) is 167 cm³/mol. The summed E-state index contributed by atoms with van der Waals surface area (Å²) < 4.78 is 81.9. The van der Waals surface area contributed by atoms with E-state index in [1.807, 2.05) is 22.9 Å². The number of nitrogens with one attached hydrogen (secondary N) is 1. The Balaban J connectivity index is 1.38. The summed E-state index contributed by atoms with van der Waals surface area (Å²) in [5, 5.41) is 13.5. The highest BCUT2D eigenvalue weighted by molar-refractivity contribution is 7.23. The number of thiophene rings is 1. The van der Waals surface area contributed by atoms with Crippen molar-refractivity contribution in [3.8, 4) is 23.2 Å². The second-order valence-electron chi connectivity index (χ2n) is 13.0. The van der Waals surface area contributed by atoms with Crippen LogP contribution in [0.25, 0.3) is 32.1 Å². The van der Waals surface area contributed by atoms with Crippen LogP contribution >= 0.6 is 11.3 Å². The van der Waals surface area contributed by atoms with Gasteiger partial charge in [0, 0.05) is 53.8 Å². The molecule has 242 valence electrons. The number of piperidine rings is 1. The number of nitrogen functional groups attached to an aromatic ring is 1. The van der Waals surface area contributed by atoms with Crippen molar-refractivity contribution in [1.82, 2.24) is 20.2 Å². The third kappa shape index (κ3) is 5.09. The zero-order valence-electron chi connectivity index (χ0n) is 25.2. The minimum atomic E-state index is -2.55. The number of benzene rings is 2. The quantitative estimate of drug-likeness (QED) is 0.246. The number of aromatic nitrogens is 2. The van der Waals surface area contributed by atoms with Crippen molar-refractivity contribution in [2.45, 2.75) is 44.7 Å². The molecule has 7 rings (SSSR count). The summed E-state index contributed by atoms with van der Waals surface area (Å²) in [5.74, 6) is -3.30. The lowest BCUT2D eigenvalue weighted by atomic mass is 9.73. The number of ether oxygens (including phenoxy) is 1. The molecule has 0 spiro atoms. The number of anilines is 2. The van der Waals surface area contributed by atoms with Crippen LogP contribution in [-0.4, -0.2) is 73.2 Å². The van der Waals surface area contributed by atoms with E-state index in [4.69, 9.17) is 10.5 Å². The molecule has 0 amide bonds. The molecule has 0 aliphatic carbocycles. The molecule has 2 bridgehead atoms. The van der Waals surface area contributed by atoms with E-state index in [1.54, 1.807) is 6.92 Å². The fraction of sp³-hybridized carbons (Fsp3) is 0.469. The number of hydrogen-bond donors (Lipinski definition) is 2. The highest BCUT2D eigenvalue weighted by Crippen LogP contribution is 2.45. The smallest absolute Gasteiger partial charge is 0.319 e. The van der Waals surface area contributed by atoms with Gasteiger partial charge in [-0.25, -0.2) is 22.0 Å². The van der Waals surface area contributed by atoms with Crippen LogP contribution < -0.4 is 20.7 Å². The number of likely N-dealkylation sites (tertiary alicyclic amines) is 1. The lowest BCUT2D eigenvalue weighted by Crippen LogP contribution is -2.51. The van der Waals surface area contributed by atoms with Gasteiger partial charge >= 0.3 is 6.01 Å². The van der Waals surface area contributed by atoms with Gasteiger partial charge in [0.1, 0.15) is 34.0 Å². The molecule has 4 atom stereocenters. The molecule has 0 radical (unpaired) electrons. The van der Waals surface area contributed by atoms with E-state index in [0.717, 1.165) is 36.3 Å². The Morgan fingerprint density at radius 2 is 1.89 bits per heavy atom. The summed E-state index contributed by atoms with van der Waals surface area (Å²) in [4.78, 5) is 12.9. The van der Waals surface area contributed by atoms with Gasteiger partial charge in [-0.05, 0) is 50.6 Å². The molecule has 3 saturated heterocycles. The SMILES string of the molecule is CN1CC[C@H](C(F)F)[C@](C)(COc2nc(N3C[C@H]4CC[C@@H](C3)N4)c3cc(F)c(-c4ccc(F)c5sc(N)c(C#N)c45)c(F)c3n2)C1. The van der Waals surface area contributed by atoms with Crippen molar-refractivity contribution in [1.29, 1.82) is 5.26 Å². The van der Waals surface area contributed by atoms with Crippen LogP contribution in [0.1, 0.15) is 31.7 Å². The predicted octanol–water partition coefficient (Wildman–Crippen LogP) is 5.93. The molecule has 14 heteroatoms. The van der Waals surface area contributed by atoms with Gasteiger partial charge in [0.05, 0.1) is 22.4 Å². The van der Waals surface area contributed by atoms with Crippen LogP contribution in [0.2, 0.25) is 0 Å². The molecule has 3 aliphatic rings. The number of halogens is 5. The van der Waals surface area contributed by atoms with Crippen molar-refractivity contribution < 1.29 is 26.7 Å². The molecule has 5 heterocycles. The lowest BCUT2D eigenvalue weighted by Gasteiger charge is -2.44. The summed E-state index contributed by atoms with van der Waals surface area (Å²) in [7, 11) is 1.86. The highest BCUT2D eigenvalue weighted by Gasteiger charge is 2.44. The molecule has 3 N–H and O–H groups in total. The topological polar surface area (TPSA) is 103 Å². The fourth-order valence-electron chi connectivity index (χ4n) is 7.52. The maximum absolute atomic E-state index is 16.7. The zero-order chi connectivity index (χ0) is 32.5. The van der Waals surface area contributed by atoms with Crippen molar-refractivity contribution in [2.75, 3.05) is 50.5 Å². The van der Waals surface area contributed by atoms with E-state index in [9.17, 15) is 18.4 Å². The number of piperazine rings is 1. The molecule has 46 heavy (non-hydrogen) atoms. The number of rotatable bonds is 6. The van der Waals surface area contributed by atoms with Crippen LogP contribution in [0.5, 0.6) is 6.01 Å². The van der Waals surface area contributed by atoms with E-state index in [-0.39, 0.29) is 67.6 Å². The van der Waals surface area contributed by atoms with Gasteiger partial charge in [0.15, 0.2) is 5.82 Å². The van der Waals surface area contributed by atoms with Gasteiger partial charge in [-0.3, -0.25) is 0 Å². The normalized spacial score (nSPS) is 25.1. The van der Waals surface area contributed by atoms with Gasteiger partial charge in [-0.1, -0.05) is 13.0 Å². The van der Waals surface area contributed by atoms with Crippen LogP contribution in [0.4, 0.5) is 32.8 Å². The highest BCUT2D eigenvalue weighted by atomic mass is 32.1. The number of fused-ring (bicyclic) bond motifs is 4. The van der Waals surface area contributed by atoms with E-state index >= 15 is 8.78 Å². The number of hydrogen-bond acceptors (Lipinski definition) is 9. The standard InChI is InChI=1S/C32H32F5N7OS/c1-32(13-43(2)8-7-20(32)28(36)37)14-45-31-41-26-18(30(42-31)44-11-15-3-4-16(12-44)40-15)9-22(34)24(25(26)35)17-5-6-21(33)27-23(17)19(10-38)29(39)46-27/h5-6,9,15-16,20,28,40H,3-4,7-8,11-14,39H2,1-2H3/t15-,16+,20-,32+/m1/s1. The molecule has 4 aromatic rings. The second kappa shape index (κ2) is 11.5. The maximum atomic E-state index is 16.7. The molecular weight excluding hydrogens is 625 g/mol. The summed E-state index contributed by atoms with van der Waals surface area (Å²) >= 11 is 0.826. The summed E-state index contributed by atoms with van der Waals surface area (Å²) in [6, 6.07) is 5.51. The van der Waals surface area contributed by atoms with E-state index < -0.39 is 40.8 Å². The monoisotopic (exact) mass is 657 g/mol. The first-order valence-corrected chi connectivity index (χ1v) is 16.0. The van der Waals surface area contributed by atoms with Crippen LogP contribution in [0.15, 0.2) is 18.2 Å². The minimum absolute atomic E-state index is 0.00779. The van der Waals surface area contributed by atoms with Crippen LogP contribution in [0, 0.1) is 40.1 Å². The van der Waals surface area contributed by atoms with Gasteiger partial charge < -0.3 is 25.6 Å². The number of alkyl halides is 2. The summed E-state index contributed by atoms with van der Waals surface area (Å²) in [6.07, 6.45) is -0.353. The number of nitrogens with two attached hydrogens (primary N) is 1. The Morgan fingerprint density at radius 3 is 2.59 bits per heavy atom. The summed E-state index contributed by atoms with van der Waals surface area (Å²) in [5.41, 5.74) is 4.19. The molecule has 3 aliphatic heterocycles. The van der Waals surface area contributed by atoms with Gasteiger partial charge in [0.25, 0.3) is 0 Å². The Hall–Kier alpha value is -3.80. The Kier molecular flexibility index (Phi) is 7.69. The first kappa shape index (κ1) is 30.8. The van der Waals surface area contributed by atoms with E-state index in [1.165, 1.54) is 6.07 Å². The van der Waals surface area contributed by atoms with Crippen LogP contribution in [-0.2, 0) is 0 Å². The van der Waals surface area contributed by atoms with Gasteiger partial charge in [0.2, 0.25) is 6.43 Å². The number of nitrogens with zero attached hydrogens (tertiary/aromatic N) is 5. The van der Waals surface area contributed by atoms with Gasteiger partial charge in [-0.15, -0.1) is 11.3 Å². The minimum Gasteiger partial charge on any atom is -0.463 e. The Morgan fingerprint density at radius 1 is 1.15 bits per heavy atom. The summed E-state index contributed by atoms with van der Waals surface area (Å²) in [6.45, 7) is 3.58. The Bertz CT molecular complexity index is 1880. The lowest BCUT2D eigenvalue weighted by molar-refractivity contribution is -0.0679. The van der Waals surface area contributed by atoms with Crippen LogP contribution in [0.3, 0.4) is 0 Å². The van der Waals surface area contributed by atoms with Crippen molar-refractivity contribution >= 4 is 43.1 Å².